The number of aryl methyl sites for hydroxylation is 1. The van der Waals surface area contributed by atoms with Crippen LogP contribution < -0.4 is 5.32 Å². The van der Waals surface area contributed by atoms with Gasteiger partial charge in [0.25, 0.3) is 0 Å². The van der Waals surface area contributed by atoms with Crippen molar-refractivity contribution in [3.05, 3.63) is 35.1 Å². The van der Waals surface area contributed by atoms with Gasteiger partial charge in [0.2, 0.25) is 0 Å². The van der Waals surface area contributed by atoms with E-state index < -0.39 is 0 Å². The van der Waals surface area contributed by atoms with Crippen LogP contribution in [-0.4, -0.2) is 6.04 Å². The van der Waals surface area contributed by atoms with Crippen molar-refractivity contribution < 1.29 is 4.39 Å². The summed E-state index contributed by atoms with van der Waals surface area (Å²) in [5, 5.41) is 3.52. The fourth-order valence-corrected chi connectivity index (χ4v) is 2.21. The number of benzene rings is 1. The minimum atomic E-state index is -0.111. The average molecular weight is 207 g/mol. The molecule has 0 spiro atoms. The molecule has 0 heterocycles. The molecule has 82 valence electrons. The van der Waals surface area contributed by atoms with Crippen LogP contribution in [0, 0.1) is 12.7 Å². The third-order valence-corrected chi connectivity index (χ3v) is 3.17. The van der Waals surface area contributed by atoms with Crippen LogP contribution in [-0.2, 0) is 6.54 Å². The molecule has 0 radical (unpaired) electrons. The predicted octanol–water partition coefficient (Wildman–Crippen LogP) is 3.17. The molecule has 1 aliphatic rings. The van der Waals surface area contributed by atoms with Gasteiger partial charge >= 0.3 is 0 Å². The quantitative estimate of drug-likeness (QED) is 0.802. The maximum Gasteiger partial charge on any atom is 0.126 e. The summed E-state index contributed by atoms with van der Waals surface area (Å²) in [4.78, 5) is 0. The van der Waals surface area contributed by atoms with E-state index in [9.17, 15) is 4.39 Å². The summed E-state index contributed by atoms with van der Waals surface area (Å²) in [5.74, 6) is -0.111. The second-order valence-electron chi connectivity index (χ2n) is 4.45. The van der Waals surface area contributed by atoms with Crippen LogP contribution in [0.5, 0.6) is 0 Å². The molecular weight excluding hydrogens is 189 g/mol. The lowest BCUT2D eigenvalue weighted by Gasteiger charge is -2.12. The zero-order valence-electron chi connectivity index (χ0n) is 9.22. The summed E-state index contributed by atoms with van der Waals surface area (Å²) < 4.78 is 13.0. The maximum absolute atomic E-state index is 13.0. The smallest absolute Gasteiger partial charge is 0.126 e. The van der Waals surface area contributed by atoms with E-state index in [1.807, 2.05) is 19.1 Å². The fourth-order valence-electron chi connectivity index (χ4n) is 2.21. The number of rotatable bonds is 3. The fraction of sp³-hybridized carbons (Fsp3) is 0.538. The van der Waals surface area contributed by atoms with Gasteiger partial charge in [-0.25, -0.2) is 4.39 Å². The van der Waals surface area contributed by atoms with Crippen molar-refractivity contribution in [3.8, 4) is 0 Å². The average Bonchev–Trinajstić information content (AvgIpc) is 2.73. The highest BCUT2D eigenvalue weighted by Gasteiger charge is 2.13. The second-order valence-corrected chi connectivity index (χ2v) is 4.45. The first-order valence-corrected chi connectivity index (χ1v) is 5.74. The molecule has 15 heavy (non-hydrogen) atoms. The summed E-state index contributed by atoms with van der Waals surface area (Å²) in [6.45, 7) is 2.68. The molecule has 0 atom stereocenters. The third kappa shape index (κ3) is 2.78. The summed E-state index contributed by atoms with van der Waals surface area (Å²) >= 11 is 0. The molecule has 1 nitrogen and oxygen atoms in total. The number of halogens is 1. The van der Waals surface area contributed by atoms with Crippen LogP contribution >= 0.6 is 0 Å². The van der Waals surface area contributed by atoms with E-state index in [-0.39, 0.29) is 5.82 Å². The van der Waals surface area contributed by atoms with Crippen molar-refractivity contribution in [1.82, 2.24) is 5.32 Å². The van der Waals surface area contributed by atoms with Gasteiger partial charge in [-0.3, -0.25) is 0 Å². The Labute approximate surface area is 90.7 Å². The number of hydrogen-bond donors (Lipinski definition) is 1. The molecule has 2 heteroatoms. The molecule has 0 amide bonds. The molecule has 2 rings (SSSR count). The normalized spacial score (nSPS) is 17.2. The first kappa shape index (κ1) is 10.6. The van der Waals surface area contributed by atoms with Gasteiger partial charge in [0.05, 0.1) is 0 Å². The van der Waals surface area contributed by atoms with Gasteiger partial charge in [0, 0.05) is 12.6 Å². The van der Waals surface area contributed by atoms with Gasteiger partial charge in [0.15, 0.2) is 0 Å². The molecule has 1 saturated carbocycles. The minimum Gasteiger partial charge on any atom is -0.310 e. The summed E-state index contributed by atoms with van der Waals surface area (Å²) in [5.41, 5.74) is 1.92. The monoisotopic (exact) mass is 207 g/mol. The van der Waals surface area contributed by atoms with Gasteiger partial charge in [-0.2, -0.15) is 0 Å². The lowest BCUT2D eigenvalue weighted by atomic mass is 10.1. The van der Waals surface area contributed by atoms with Gasteiger partial charge in [-0.15, -0.1) is 0 Å². The predicted molar refractivity (Wildman–Crippen MR) is 60.2 cm³/mol. The van der Waals surface area contributed by atoms with Crippen LogP contribution in [0.2, 0.25) is 0 Å². The molecule has 0 saturated heterocycles. The lowest BCUT2D eigenvalue weighted by molar-refractivity contribution is 0.523. The van der Waals surface area contributed by atoms with E-state index in [2.05, 4.69) is 5.32 Å². The zero-order valence-corrected chi connectivity index (χ0v) is 9.22. The SMILES string of the molecule is Cc1cc(CNC2CCCC2)ccc1F. The van der Waals surface area contributed by atoms with Crippen molar-refractivity contribution in [2.75, 3.05) is 0 Å². The number of hydrogen-bond acceptors (Lipinski definition) is 1. The lowest BCUT2D eigenvalue weighted by Crippen LogP contribution is -2.25. The van der Waals surface area contributed by atoms with E-state index >= 15 is 0 Å². The second kappa shape index (κ2) is 4.75. The highest BCUT2D eigenvalue weighted by molar-refractivity contribution is 5.23. The zero-order chi connectivity index (χ0) is 10.7. The summed E-state index contributed by atoms with van der Waals surface area (Å²) in [6.07, 6.45) is 5.28. The molecule has 0 aromatic heterocycles. The Hall–Kier alpha value is -0.890. The minimum absolute atomic E-state index is 0.111. The van der Waals surface area contributed by atoms with Crippen molar-refractivity contribution in [2.45, 2.75) is 45.2 Å². The van der Waals surface area contributed by atoms with E-state index in [0.717, 1.165) is 12.1 Å². The molecule has 0 bridgehead atoms. The van der Waals surface area contributed by atoms with E-state index in [0.29, 0.717) is 6.04 Å². The molecule has 1 aromatic carbocycles. The Bertz CT molecular complexity index is 329. The topological polar surface area (TPSA) is 12.0 Å². The van der Waals surface area contributed by atoms with Crippen LogP contribution in [0.1, 0.15) is 36.8 Å². The summed E-state index contributed by atoms with van der Waals surface area (Å²) in [6, 6.07) is 6.03. The standard InChI is InChI=1S/C13H18FN/c1-10-8-11(6-7-13(10)14)9-15-12-4-2-3-5-12/h6-8,12,15H,2-5,9H2,1H3. The van der Waals surface area contributed by atoms with E-state index in [1.54, 1.807) is 6.07 Å². The Kier molecular flexibility index (Phi) is 3.37. The van der Waals surface area contributed by atoms with Crippen molar-refractivity contribution >= 4 is 0 Å². The highest BCUT2D eigenvalue weighted by atomic mass is 19.1. The van der Waals surface area contributed by atoms with Gasteiger partial charge in [-0.05, 0) is 37.0 Å². The Morgan fingerprint density at radius 2 is 2.07 bits per heavy atom. The summed E-state index contributed by atoms with van der Waals surface area (Å²) in [7, 11) is 0. The first-order valence-electron chi connectivity index (χ1n) is 5.74. The van der Waals surface area contributed by atoms with Crippen molar-refractivity contribution in [1.29, 1.82) is 0 Å². The molecule has 1 aliphatic carbocycles. The van der Waals surface area contributed by atoms with Crippen LogP contribution in [0.3, 0.4) is 0 Å². The largest absolute Gasteiger partial charge is 0.310 e. The van der Waals surface area contributed by atoms with Crippen LogP contribution in [0.15, 0.2) is 18.2 Å². The maximum atomic E-state index is 13.0. The highest BCUT2D eigenvalue weighted by Crippen LogP contribution is 2.18. The Morgan fingerprint density at radius 1 is 1.33 bits per heavy atom. The molecule has 0 aliphatic heterocycles. The Balaban J connectivity index is 1.90. The molecule has 0 unspecified atom stereocenters. The molecule has 1 fully saturated rings. The van der Waals surface area contributed by atoms with Gasteiger partial charge in [0.1, 0.15) is 5.82 Å². The van der Waals surface area contributed by atoms with Gasteiger partial charge in [-0.1, -0.05) is 25.0 Å². The Morgan fingerprint density at radius 3 is 2.73 bits per heavy atom. The molecule has 1 N–H and O–H groups in total. The third-order valence-electron chi connectivity index (χ3n) is 3.17. The van der Waals surface area contributed by atoms with E-state index in [4.69, 9.17) is 0 Å². The van der Waals surface area contributed by atoms with E-state index in [1.165, 1.54) is 31.2 Å². The first-order chi connectivity index (χ1) is 7.25. The van der Waals surface area contributed by atoms with Crippen molar-refractivity contribution in [2.24, 2.45) is 0 Å². The van der Waals surface area contributed by atoms with Gasteiger partial charge < -0.3 is 5.32 Å². The molecule has 1 aromatic rings. The number of nitrogens with one attached hydrogen (secondary N) is 1. The molecular formula is C13H18FN. The van der Waals surface area contributed by atoms with Crippen LogP contribution in [0.4, 0.5) is 4.39 Å². The van der Waals surface area contributed by atoms with Crippen LogP contribution in [0.25, 0.3) is 0 Å². The van der Waals surface area contributed by atoms with Crippen molar-refractivity contribution in [3.63, 3.8) is 0 Å².